The van der Waals surface area contributed by atoms with Crippen molar-refractivity contribution >= 4 is 17.6 Å². The highest BCUT2D eigenvalue weighted by atomic mass is 35.5. The Labute approximate surface area is 113 Å². The molecule has 0 radical (unpaired) electrons. The Morgan fingerprint density at radius 3 is 2.79 bits per heavy atom. The summed E-state index contributed by atoms with van der Waals surface area (Å²) in [6.07, 6.45) is 0.155. The third kappa shape index (κ3) is 2.50. The Balaban J connectivity index is 2.42. The van der Waals surface area contributed by atoms with Gasteiger partial charge in [0.05, 0.1) is 23.6 Å². The van der Waals surface area contributed by atoms with E-state index in [0.29, 0.717) is 0 Å². The van der Waals surface area contributed by atoms with Crippen LogP contribution < -0.4 is 10.1 Å². The number of aliphatic carboxylic acids is 1. The van der Waals surface area contributed by atoms with Gasteiger partial charge in [0.15, 0.2) is 11.6 Å². The normalized spacial score (nSPS) is 22.5. The highest BCUT2D eigenvalue weighted by molar-refractivity contribution is 6.32. The summed E-state index contributed by atoms with van der Waals surface area (Å²) in [7, 11) is 1.30. The summed E-state index contributed by atoms with van der Waals surface area (Å²) in [6, 6.07) is 0.201. The Morgan fingerprint density at radius 2 is 2.26 bits per heavy atom. The first-order valence-corrected chi connectivity index (χ1v) is 6.01. The second-order valence-corrected chi connectivity index (χ2v) is 4.74. The minimum atomic E-state index is -1.08. The van der Waals surface area contributed by atoms with Crippen LogP contribution in [0.15, 0.2) is 6.07 Å². The van der Waals surface area contributed by atoms with E-state index in [9.17, 15) is 13.6 Å². The first kappa shape index (κ1) is 14.0. The van der Waals surface area contributed by atoms with Crippen molar-refractivity contribution < 1.29 is 23.4 Å². The number of carboxylic acids is 1. The molecule has 7 heteroatoms. The number of methoxy groups -OCH3 is 1. The Hall–Kier alpha value is -1.40. The molecule has 2 rings (SSSR count). The monoisotopic (exact) mass is 291 g/mol. The molecule has 0 bridgehead atoms. The number of rotatable bonds is 3. The van der Waals surface area contributed by atoms with Gasteiger partial charge in [-0.25, -0.2) is 8.78 Å². The number of carbonyl (C=O) groups is 1. The molecule has 1 aromatic rings. The van der Waals surface area contributed by atoms with Crippen LogP contribution in [-0.4, -0.2) is 24.7 Å². The summed E-state index contributed by atoms with van der Waals surface area (Å²) in [4.78, 5) is 10.9. The van der Waals surface area contributed by atoms with E-state index in [1.54, 1.807) is 0 Å². The van der Waals surface area contributed by atoms with Gasteiger partial charge in [0.2, 0.25) is 0 Å². The maximum atomic E-state index is 13.9. The predicted molar refractivity (Wildman–Crippen MR) is 64.4 cm³/mol. The topological polar surface area (TPSA) is 58.6 Å². The van der Waals surface area contributed by atoms with Crippen LogP contribution in [0.1, 0.15) is 18.0 Å². The highest BCUT2D eigenvalue weighted by Crippen LogP contribution is 2.40. The molecule has 104 valence electrons. The second kappa shape index (κ2) is 5.30. The van der Waals surface area contributed by atoms with Crippen LogP contribution in [-0.2, 0) is 4.79 Å². The molecule has 19 heavy (non-hydrogen) atoms. The average Bonchev–Trinajstić information content (AvgIpc) is 2.82. The van der Waals surface area contributed by atoms with Crippen LogP contribution in [0.25, 0.3) is 0 Å². The molecule has 1 aromatic carbocycles. The number of hydrogen-bond acceptors (Lipinski definition) is 3. The summed E-state index contributed by atoms with van der Waals surface area (Å²) < 4.78 is 32.3. The van der Waals surface area contributed by atoms with Gasteiger partial charge in [0, 0.05) is 12.6 Å². The van der Waals surface area contributed by atoms with Crippen molar-refractivity contribution in [3.8, 4) is 5.75 Å². The van der Waals surface area contributed by atoms with Crippen molar-refractivity contribution in [2.24, 2.45) is 5.92 Å². The fourth-order valence-corrected chi connectivity index (χ4v) is 2.53. The highest BCUT2D eigenvalue weighted by Gasteiger charge is 2.35. The molecule has 0 saturated carbocycles. The first-order chi connectivity index (χ1) is 8.95. The zero-order valence-corrected chi connectivity index (χ0v) is 10.8. The van der Waals surface area contributed by atoms with E-state index in [1.807, 2.05) is 0 Å². The summed E-state index contributed by atoms with van der Waals surface area (Å²) in [5.41, 5.74) is -0.0590. The third-order valence-electron chi connectivity index (χ3n) is 3.19. The van der Waals surface area contributed by atoms with Gasteiger partial charge in [-0.1, -0.05) is 11.6 Å². The van der Waals surface area contributed by atoms with Crippen molar-refractivity contribution in [1.82, 2.24) is 5.32 Å². The lowest BCUT2D eigenvalue weighted by Gasteiger charge is -2.17. The first-order valence-electron chi connectivity index (χ1n) is 5.63. The molecule has 0 amide bonds. The minimum Gasteiger partial charge on any atom is -0.495 e. The zero-order chi connectivity index (χ0) is 14.2. The van der Waals surface area contributed by atoms with E-state index in [4.69, 9.17) is 21.4 Å². The Kier molecular flexibility index (Phi) is 3.91. The smallest absolute Gasteiger partial charge is 0.307 e. The maximum absolute atomic E-state index is 13.9. The van der Waals surface area contributed by atoms with Crippen LogP contribution in [0, 0.1) is 17.6 Å². The van der Waals surface area contributed by atoms with Crippen molar-refractivity contribution in [3.63, 3.8) is 0 Å². The number of carboxylic acid groups (broad SMARTS) is 1. The van der Waals surface area contributed by atoms with Gasteiger partial charge in [-0.3, -0.25) is 4.79 Å². The number of ether oxygens (including phenoxy) is 1. The average molecular weight is 292 g/mol. The van der Waals surface area contributed by atoms with Gasteiger partial charge >= 0.3 is 5.97 Å². The number of halogens is 3. The molecule has 4 nitrogen and oxygen atoms in total. The molecule has 2 unspecified atom stereocenters. The van der Waals surface area contributed by atoms with Crippen molar-refractivity contribution in [1.29, 1.82) is 0 Å². The molecule has 0 aliphatic carbocycles. The van der Waals surface area contributed by atoms with Gasteiger partial charge in [-0.05, 0) is 12.5 Å². The third-order valence-corrected chi connectivity index (χ3v) is 3.47. The zero-order valence-electron chi connectivity index (χ0n) is 10.0. The lowest BCUT2D eigenvalue weighted by atomic mass is 9.98. The maximum Gasteiger partial charge on any atom is 0.307 e. The lowest BCUT2D eigenvalue weighted by molar-refractivity contribution is -0.141. The van der Waals surface area contributed by atoms with Gasteiger partial charge < -0.3 is 15.2 Å². The van der Waals surface area contributed by atoms with Crippen molar-refractivity contribution in [3.05, 3.63) is 28.3 Å². The Bertz CT molecular complexity index is 524. The molecule has 1 saturated heterocycles. The number of hydrogen-bond donors (Lipinski definition) is 2. The summed E-state index contributed by atoms with van der Waals surface area (Å²) in [5.74, 6) is -3.73. The van der Waals surface area contributed by atoms with Crippen LogP contribution in [0.3, 0.4) is 0 Å². The van der Waals surface area contributed by atoms with Gasteiger partial charge in [0.1, 0.15) is 5.75 Å². The fourth-order valence-electron chi connectivity index (χ4n) is 2.26. The molecular formula is C12H12ClF2NO3. The van der Waals surface area contributed by atoms with E-state index >= 15 is 0 Å². The van der Waals surface area contributed by atoms with E-state index in [2.05, 4.69) is 5.32 Å². The van der Waals surface area contributed by atoms with Crippen molar-refractivity contribution in [2.45, 2.75) is 12.5 Å². The predicted octanol–water partition coefficient (Wildman–Crippen LogP) is 2.36. The van der Waals surface area contributed by atoms with E-state index in [1.165, 1.54) is 7.11 Å². The van der Waals surface area contributed by atoms with Gasteiger partial charge in [0.25, 0.3) is 0 Å². The largest absolute Gasteiger partial charge is 0.495 e. The van der Waals surface area contributed by atoms with E-state index < -0.39 is 29.6 Å². The molecule has 2 atom stereocenters. The van der Waals surface area contributed by atoms with Crippen LogP contribution in [0.2, 0.25) is 5.02 Å². The molecule has 1 aliphatic rings. The van der Waals surface area contributed by atoms with E-state index in [0.717, 1.165) is 6.07 Å². The van der Waals surface area contributed by atoms with Crippen LogP contribution in [0.5, 0.6) is 5.75 Å². The quantitative estimate of drug-likeness (QED) is 0.840. The SMILES string of the molecule is COc1c(Cl)cc(F)c(F)c1C1CC(C(=O)O)CN1. The van der Waals surface area contributed by atoms with Crippen LogP contribution in [0.4, 0.5) is 8.78 Å². The summed E-state index contributed by atoms with van der Waals surface area (Å²) in [5, 5.41) is 11.7. The molecule has 0 aromatic heterocycles. The second-order valence-electron chi connectivity index (χ2n) is 4.33. The molecule has 1 aliphatic heterocycles. The minimum absolute atomic E-state index is 0.0316. The molecule has 1 fully saturated rings. The molecule has 1 heterocycles. The fraction of sp³-hybridized carbons (Fsp3) is 0.417. The van der Waals surface area contributed by atoms with E-state index in [-0.39, 0.29) is 29.3 Å². The van der Waals surface area contributed by atoms with Crippen molar-refractivity contribution in [2.75, 3.05) is 13.7 Å². The molecule has 0 spiro atoms. The standard InChI is InChI=1S/C12H12ClF2NO3/c1-19-11-6(13)3-7(14)10(15)9(11)8-2-5(4-16-8)12(17)18/h3,5,8,16H,2,4H2,1H3,(H,17,18). The van der Waals surface area contributed by atoms with Crippen LogP contribution >= 0.6 is 11.6 Å². The molecular weight excluding hydrogens is 280 g/mol. The Morgan fingerprint density at radius 1 is 1.58 bits per heavy atom. The summed E-state index contributed by atoms with van der Waals surface area (Å²) in [6.45, 7) is 0.191. The molecule has 2 N–H and O–H groups in total. The van der Waals surface area contributed by atoms with Gasteiger partial charge in [-0.15, -0.1) is 0 Å². The lowest BCUT2D eigenvalue weighted by Crippen LogP contribution is -2.18. The van der Waals surface area contributed by atoms with Gasteiger partial charge in [-0.2, -0.15) is 0 Å². The number of benzene rings is 1. The number of nitrogens with one attached hydrogen (secondary N) is 1. The summed E-state index contributed by atoms with van der Waals surface area (Å²) >= 11 is 5.81.